The first-order chi connectivity index (χ1) is 7.41. The van der Waals surface area contributed by atoms with Crippen molar-refractivity contribution in [2.45, 2.75) is 0 Å². The molecule has 0 aliphatic carbocycles. The Hall–Kier alpha value is -2.18. The number of guanidine groups is 1. The third kappa shape index (κ3) is 2.66. The fourth-order valence-corrected chi connectivity index (χ4v) is 1.06. The van der Waals surface area contributed by atoms with Crippen LogP contribution in [0.4, 0.5) is 19.3 Å². The Labute approximate surface area is 90.4 Å². The minimum atomic E-state index is -0.874. The molecule has 1 rings (SSSR count). The number of benzene rings is 1. The predicted molar refractivity (Wildman–Crippen MR) is 55.2 cm³/mol. The van der Waals surface area contributed by atoms with Crippen LogP contribution >= 0.6 is 0 Å². The second kappa shape index (κ2) is 4.56. The SMILES string of the molecule is CN(C(=O)NC(=N)N)c1ccc(F)cc1F. The van der Waals surface area contributed by atoms with Crippen molar-refractivity contribution < 1.29 is 13.6 Å². The lowest BCUT2D eigenvalue weighted by molar-refractivity contribution is 0.251. The van der Waals surface area contributed by atoms with Gasteiger partial charge in [-0.15, -0.1) is 0 Å². The molecule has 4 N–H and O–H groups in total. The molecule has 0 fully saturated rings. The summed E-state index contributed by atoms with van der Waals surface area (Å²) in [6.07, 6.45) is 0. The van der Waals surface area contributed by atoms with Gasteiger partial charge in [-0.3, -0.25) is 15.6 Å². The highest BCUT2D eigenvalue weighted by Gasteiger charge is 2.15. The number of rotatable bonds is 1. The minimum absolute atomic E-state index is 0.111. The smallest absolute Gasteiger partial charge is 0.328 e. The molecule has 0 aliphatic heterocycles. The number of amides is 2. The van der Waals surface area contributed by atoms with Crippen LogP contribution in [0.15, 0.2) is 18.2 Å². The fraction of sp³-hybridized carbons (Fsp3) is 0.111. The summed E-state index contributed by atoms with van der Waals surface area (Å²) in [7, 11) is 1.27. The molecule has 0 atom stereocenters. The molecule has 0 heterocycles. The van der Waals surface area contributed by atoms with Gasteiger partial charge in [0.05, 0.1) is 5.69 Å². The second-order valence-electron chi connectivity index (χ2n) is 3.00. The van der Waals surface area contributed by atoms with E-state index in [1.807, 2.05) is 5.32 Å². The summed E-state index contributed by atoms with van der Waals surface area (Å²) >= 11 is 0. The summed E-state index contributed by atoms with van der Waals surface area (Å²) in [6.45, 7) is 0. The van der Waals surface area contributed by atoms with Gasteiger partial charge in [0.2, 0.25) is 0 Å². The highest BCUT2D eigenvalue weighted by atomic mass is 19.1. The van der Waals surface area contributed by atoms with Crippen LogP contribution in [0.2, 0.25) is 0 Å². The molecule has 0 saturated heterocycles. The molecular weight excluding hydrogens is 218 g/mol. The third-order valence-electron chi connectivity index (χ3n) is 1.82. The van der Waals surface area contributed by atoms with Gasteiger partial charge in [-0.2, -0.15) is 0 Å². The Morgan fingerprint density at radius 3 is 2.62 bits per heavy atom. The van der Waals surface area contributed by atoms with Crippen molar-refractivity contribution in [1.29, 1.82) is 5.41 Å². The first-order valence-electron chi connectivity index (χ1n) is 4.25. The van der Waals surface area contributed by atoms with E-state index in [0.29, 0.717) is 6.07 Å². The Balaban J connectivity index is 2.91. The number of nitrogens with two attached hydrogens (primary N) is 1. The van der Waals surface area contributed by atoms with Crippen LogP contribution in [0, 0.1) is 17.0 Å². The lowest BCUT2D eigenvalue weighted by Gasteiger charge is -2.17. The monoisotopic (exact) mass is 228 g/mol. The normalized spacial score (nSPS) is 9.69. The highest BCUT2D eigenvalue weighted by molar-refractivity contribution is 6.02. The van der Waals surface area contributed by atoms with Crippen molar-refractivity contribution in [3.63, 3.8) is 0 Å². The molecule has 16 heavy (non-hydrogen) atoms. The average Bonchev–Trinajstić information content (AvgIpc) is 2.15. The maximum Gasteiger partial charge on any atom is 0.328 e. The minimum Gasteiger partial charge on any atom is -0.370 e. The van der Waals surface area contributed by atoms with Crippen LogP contribution in [-0.2, 0) is 0 Å². The largest absolute Gasteiger partial charge is 0.370 e. The van der Waals surface area contributed by atoms with Gasteiger partial charge in [0.25, 0.3) is 0 Å². The van der Waals surface area contributed by atoms with Crippen molar-refractivity contribution in [3.8, 4) is 0 Å². The Morgan fingerprint density at radius 2 is 2.12 bits per heavy atom. The lowest BCUT2D eigenvalue weighted by atomic mass is 10.3. The van der Waals surface area contributed by atoms with E-state index in [0.717, 1.165) is 17.0 Å². The molecule has 5 nitrogen and oxygen atoms in total. The Kier molecular flexibility index (Phi) is 3.39. The zero-order chi connectivity index (χ0) is 12.3. The molecule has 0 bridgehead atoms. The molecule has 0 unspecified atom stereocenters. The zero-order valence-corrected chi connectivity index (χ0v) is 8.42. The van der Waals surface area contributed by atoms with Crippen LogP contribution in [0.5, 0.6) is 0 Å². The summed E-state index contributed by atoms with van der Waals surface area (Å²) in [6, 6.07) is 2.02. The fourth-order valence-electron chi connectivity index (χ4n) is 1.06. The summed E-state index contributed by atoms with van der Waals surface area (Å²) in [5.41, 5.74) is 4.83. The van der Waals surface area contributed by atoms with E-state index < -0.39 is 23.6 Å². The van der Waals surface area contributed by atoms with Crippen LogP contribution in [-0.4, -0.2) is 19.0 Å². The summed E-state index contributed by atoms with van der Waals surface area (Å²) in [5.74, 6) is -2.16. The lowest BCUT2D eigenvalue weighted by Crippen LogP contribution is -2.44. The number of hydrogen-bond acceptors (Lipinski definition) is 2. The first kappa shape index (κ1) is 11.9. The maximum atomic E-state index is 13.3. The van der Waals surface area contributed by atoms with E-state index in [1.165, 1.54) is 7.05 Å². The molecule has 2 amide bonds. The maximum absolute atomic E-state index is 13.3. The first-order valence-corrected chi connectivity index (χ1v) is 4.25. The van der Waals surface area contributed by atoms with Gasteiger partial charge >= 0.3 is 6.03 Å². The number of urea groups is 1. The van der Waals surface area contributed by atoms with Crippen LogP contribution in [0.3, 0.4) is 0 Å². The van der Waals surface area contributed by atoms with Crippen molar-refractivity contribution in [3.05, 3.63) is 29.8 Å². The van der Waals surface area contributed by atoms with Crippen molar-refractivity contribution in [2.24, 2.45) is 5.73 Å². The average molecular weight is 228 g/mol. The van der Waals surface area contributed by atoms with E-state index in [9.17, 15) is 13.6 Å². The molecule has 86 valence electrons. The topological polar surface area (TPSA) is 82.2 Å². The predicted octanol–water partition coefficient (Wildman–Crippen LogP) is 1.00. The van der Waals surface area contributed by atoms with E-state index in [1.54, 1.807) is 0 Å². The van der Waals surface area contributed by atoms with Gasteiger partial charge in [-0.05, 0) is 12.1 Å². The number of nitrogens with one attached hydrogen (secondary N) is 2. The number of nitrogens with zero attached hydrogens (tertiary/aromatic N) is 1. The van der Waals surface area contributed by atoms with Gasteiger partial charge < -0.3 is 5.73 Å². The van der Waals surface area contributed by atoms with Crippen molar-refractivity contribution in [2.75, 3.05) is 11.9 Å². The molecule has 0 radical (unpaired) electrons. The molecule has 7 heteroatoms. The molecular formula is C9H10F2N4O. The molecule has 0 aromatic heterocycles. The zero-order valence-electron chi connectivity index (χ0n) is 8.42. The standard InChI is InChI=1S/C9H10F2N4O/c1-15(9(16)14-8(12)13)7-3-2-5(10)4-6(7)11/h2-4H,1H3,(H4,12,13,14,16). The van der Waals surface area contributed by atoms with Crippen LogP contribution in [0.1, 0.15) is 0 Å². The van der Waals surface area contributed by atoms with Gasteiger partial charge in [0.15, 0.2) is 5.96 Å². The third-order valence-corrected chi connectivity index (χ3v) is 1.82. The van der Waals surface area contributed by atoms with Crippen molar-refractivity contribution in [1.82, 2.24) is 5.32 Å². The number of carbonyl (C=O) groups excluding carboxylic acids is 1. The number of anilines is 1. The second-order valence-corrected chi connectivity index (χ2v) is 3.00. The van der Waals surface area contributed by atoms with E-state index in [4.69, 9.17) is 11.1 Å². The van der Waals surface area contributed by atoms with Gasteiger partial charge in [0.1, 0.15) is 11.6 Å². The number of carbonyl (C=O) groups is 1. The summed E-state index contributed by atoms with van der Waals surface area (Å²) < 4.78 is 25.9. The summed E-state index contributed by atoms with van der Waals surface area (Å²) in [5, 5.41) is 8.80. The van der Waals surface area contributed by atoms with E-state index in [-0.39, 0.29) is 5.69 Å². The Bertz CT molecular complexity index is 436. The van der Waals surface area contributed by atoms with Gasteiger partial charge in [0, 0.05) is 13.1 Å². The van der Waals surface area contributed by atoms with Gasteiger partial charge in [-0.1, -0.05) is 0 Å². The molecule has 1 aromatic rings. The number of halogens is 2. The van der Waals surface area contributed by atoms with Crippen LogP contribution < -0.4 is 16.0 Å². The number of hydrogen-bond donors (Lipinski definition) is 3. The van der Waals surface area contributed by atoms with E-state index in [2.05, 4.69) is 0 Å². The highest BCUT2D eigenvalue weighted by Crippen LogP contribution is 2.18. The quantitative estimate of drug-likeness (QED) is 0.495. The van der Waals surface area contributed by atoms with Crippen molar-refractivity contribution >= 4 is 17.7 Å². The molecule has 0 spiro atoms. The summed E-state index contributed by atoms with van der Waals surface area (Å²) in [4.78, 5) is 12.2. The Morgan fingerprint density at radius 1 is 1.50 bits per heavy atom. The van der Waals surface area contributed by atoms with Gasteiger partial charge in [-0.25, -0.2) is 13.6 Å². The van der Waals surface area contributed by atoms with Crippen LogP contribution in [0.25, 0.3) is 0 Å². The van der Waals surface area contributed by atoms with E-state index >= 15 is 0 Å². The molecule has 1 aromatic carbocycles. The molecule has 0 aliphatic rings. The molecule has 0 saturated carbocycles.